The lowest BCUT2D eigenvalue weighted by Gasteiger charge is -2.41. The Morgan fingerprint density at radius 2 is 1.33 bits per heavy atom. The molecule has 2 aromatic rings. The zero-order chi connectivity index (χ0) is 31.3. The SMILES string of the molecule is CC1OC(OC2=Cc3c(cc(O)cc3OC3OC(CO)C(O)C(O)C3O)OC2c2cc(O)c(O)c(O)c2)C(O)C(O)C1O. The quantitative estimate of drug-likeness (QED) is 0.158. The number of hydrogen-bond donors (Lipinski definition) is 11. The van der Waals surface area contributed by atoms with Gasteiger partial charge in [0, 0.05) is 17.7 Å². The van der Waals surface area contributed by atoms with Crippen molar-refractivity contribution in [3.8, 4) is 34.5 Å². The van der Waals surface area contributed by atoms with E-state index in [4.69, 9.17) is 23.7 Å². The molecule has 0 spiro atoms. The van der Waals surface area contributed by atoms with Crippen LogP contribution in [0.4, 0.5) is 0 Å². The van der Waals surface area contributed by atoms with Gasteiger partial charge in [-0.3, -0.25) is 0 Å². The number of phenolic OH excluding ortho intramolecular Hbond substituents is 4. The minimum atomic E-state index is -1.80. The third-order valence-electron chi connectivity index (χ3n) is 7.43. The number of hydrogen-bond acceptors (Lipinski definition) is 16. The molecular formula is C27H32O16. The van der Waals surface area contributed by atoms with Crippen LogP contribution in [0, 0.1) is 0 Å². The lowest BCUT2D eigenvalue weighted by Crippen LogP contribution is -2.60. The van der Waals surface area contributed by atoms with Gasteiger partial charge in [-0.25, -0.2) is 0 Å². The number of aliphatic hydroxyl groups is 7. The maximum Gasteiger partial charge on any atom is 0.229 e. The Balaban J connectivity index is 1.56. The van der Waals surface area contributed by atoms with Crippen molar-refractivity contribution in [2.24, 2.45) is 0 Å². The number of aliphatic hydroxyl groups excluding tert-OH is 7. The molecule has 11 atom stereocenters. The summed E-state index contributed by atoms with van der Waals surface area (Å²) in [6, 6.07) is 4.37. The van der Waals surface area contributed by atoms with Crippen LogP contribution in [0.5, 0.6) is 34.5 Å². The molecule has 0 aromatic heterocycles. The van der Waals surface area contributed by atoms with E-state index in [-0.39, 0.29) is 28.4 Å². The predicted octanol–water partition coefficient (Wildman–Crippen LogP) is -1.99. The Bertz CT molecular complexity index is 1340. The van der Waals surface area contributed by atoms with E-state index in [9.17, 15) is 56.2 Å². The molecule has 0 bridgehead atoms. The standard InChI is InChI=1S/C27H32O16/c1-8-18(32)21(35)23(37)26(39-8)42-16-6-11-14(40-25(16)9-2-12(30)19(33)13(31)3-9)4-10(29)5-15(11)41-27-24(38)22(36)20(34)17(7-28)43-27/h2-6,8,17-18,20-38H,7H2,1H3. The fourth-order valence-electron chi connectivity index (χ4n) is 4.97. The van der Waals surface area contributed by atoms with Gasteiger partial charge in [0.15, 0.2) is 23.4 Å². The van der Waals surface area contributed by atoms with Gasteiger partial charge in [0.2, 0.25) is 12.6 Å². The topological polar surface area (TPSA) is 269 Å². The lowest BCUT2D eigenvalue weighted by molar-refractivity contribution is -0.285. The summed E-state index contributed by atoms with van der Waals surface area (Å²) in [5.41, 5.74) is 0.0653. The molecule has 2 fully saturated rings. The van der Waals surface area contributed by atoms with Crippen molar-refractivity contribution in [3.05, 3.63) is 41.2 Å². The summed E-state index contributed by atoms with van der Waals surface area (Å²) in [5, 5.41) is 112. The van der Waals surface area contributed by atoms with Crippen LogP contribution >= 0.6 is 0 Å². The Morgan fingerprint density at radius 1 is 0.721 bits per heavy atom. The fraction of sp³-hybridized carbons (Fsp3) is 0.481. The van der Waals surface area contributed by atoms with E-state index < -0.39 is 97.1 Å². The van der Waals surface area contributed by atoms with Crippen molar-refractivity contribution in [1.82, 2.24) is 0 Å². The summed E-state index contributed by atoms with van der Waals surface area (Å²) in [7, 11) is 0. The second kappa shape index (κ2) is 11.8. The average molecular weight is 613 g/mol. The first-order valence-corrected chi connectivity index (χ1v) is 13.1. The van der Waals surface area contributed by atoms with E-state index in [1.54, 1.807) is 0 Å². The second-order valence-corrected chi connectivity index (χ2v) is 10.4. The molecule has 16 nitrogen and oxygen atoms in total. The van der Waals surface area contributed by atoms with Crippen molar-refractivity contribution in [3.63, 3.8) is 0 Å². The first kappa shape index (κ1) is 30.9. The normalized spacial score (nSPS) is 35.8. The van der Waals surface area contributed by atoms with E-state index in [1.807, 2.05) is 0 Å². The van der Waals surface area contributed by atoms with Crippen LogP contribution in [0.1, 0.15) is 24.2 Å². The third-order valence-corrected chi connectivity index (χ3v) is 7.43. The van der Waals surface area contributed by atoms with Crippen LogP contribution in [0.25, 0.3) is 6.08 Å². The smallest absolute Gasteiger partial charge is 0.229 e. The first-order valence-electron chi connectivity index (χ1n) is 13.1. The summed E-state index contributed by atoms with van der Waals surface area (Å²) >= 11 is 0. The van der Waals surface area contributed by atoms with Crippen LogP contribution in [0.2, 0.25) is 0 Å². The van der Waals surface area contributed by atoms with Crippen LogP contribution in [0.3, 0.4) is 0 Å². The van der Waals surface area contributed by atoms with Crippen molar-refractivity contribution in [1.29, 1.82) is 0 Å². The van der Waals surface area contributed by atoms with Gasteiger partial charge in [0.25, 0.3) is 0 Å². The van der Waals surface area contributed by atoms with Gasteiger partial charge in [0.1, 0.15) is 65.7 Å². The van der Waals surface area contributed by atoms with Gasteiger partial charge in [0.05, 0.1) is 18.3 Å². The first-order chi connectivity index (χ1) is 20.3. The molecule has 5 rings (SSSR count). The summed E-state index contributed by atoms with van der Waals surface area (Å²) < 4.78 is 28.6. The van der Waals surface area contributed by atoms with E-state index in [2.05, 4.69) is 0 Å². The third kappa shape index (κ3) is 5.72. The maximum absolute atomic E-state index is 10.6. The zero-order valence-corrected chi connectivity index (χ0v) is 22.4. The summed E-state index contributed by atoms with van der Waals surface area (Å²) in [6.45, 7) is 0.709. The Hall–Kier alpha value is -3.58. The van der Waals surface area contributed by atoms with Crippen LogP contribution in [-0.2, 0) is 14.2 Å². The zero-order valence-electron chi connectivity index (χ0n) is 22.4. The molecule has 0 saturated carbocycles. The maximum atomic E-state index is 10.6. The number of aromatic hydroxyl groups is 4. The molecule has 3 aliphatic rings. The van der Waals surface area contributed by atoms with E-state index in [0.717, 1.165) is 18.2 Å². The Labute approximate surface area is 243 Å². The van der Waals surface area contributed by atoms with Crippen molar-refractivity contribution in [2.45, 2.75) is 74.4 Å². The highest BCUT2D eigenvalue weighted by molar-refractivity contribution is 5.70. The fourth-order valence-corrected chi connectivity index (χ4v) is 4.97. The summed E-state index contributed by atoms with van der Waals surface area (Å²) in [5.74, 6) is -3.09. The predicted molar refractivity (Wildman–Crippen MR) is 139 cm³/mol. The molecule has 11 unspecified atom stereocenters. The minimum absolute atomic E-state index is 0.0170. The van der Waals surface area contributed by atoms with E-state index in [0.29, 0.717) is 0 Å². The van der Waals surface area contributed by atoms with Gasteiger partial charge in [-0.2, -0.15) is 0 Å². The molecule has 3 heterocycles. The van der Waals surface area contributed by atoms with Gasteiger partial charge in [-0.05, 0) is 25.1 Å². The summed E-state index contributed by atoms with van der Waals surface area (Å²) in [4.78, 5) is 0. The highest BCUT2D eigenvalue weighted by Crippen LogP contribution is 2.47. The lowest BCUT2D eigenvalue weighted by atomic mass is 9.98. The Kier molecular flexibility index (Phi) is 8.50. The van der Waals surface area contributed by atoms with E-state index >= 15 is 0 Å². The molecule has 2 saturated heterocycles. The molecule has 0 aliphatic carbocycles. The van der Waals surface area contributed by atoms with Crippen molar-refractivity contribution in [2.75, 3.05) is 6.61 Å². The number of fused-ring (bicyclic) bond motifs is 1. The van der Waals surface area contributed by atoms with Gasteiger partial charge >= 0.3 is 0 Å². The number of phenols is 4. The molecule has 2 aromatic carbocycles. The van der Waals surface area contributed by atoms with Crippen LogP contribution in [-0.4, -0.2) is 124 Å². The highest BCUT2D eigenvalue weighted by atomic mass is 16.7. The number of benzene rings is 2. The van der Waals surface area contributed by atoms with Gasteiger partial charge < -0.3 is 79.9 Å². The van der Waals surface area contributed by atoms with Crippen LogP contribution < -0.4 is 9.47 Å². The van der Waals surface area contributed by atoms with Gasteiger partial charge in [-0.15, -0.1) is 0 Å². The molecule has 0 radical (unpaired) electrons. The largest absolute Gasteiger partial charge is 0.508 e. The van der Waals surface area contributed by atoms with E-state index in [1.165, 1.54) is 19.1 Å². The second-order valence-electron chi connectivity index (χ2n) is 10.4. The molecule has 0 amide bonds. The molecule has 43 heavy (non-hydrogen) atoms. The molecule has 16 heteroatoms. The highest BCUT2D eigenvalue weighted by Gasteiger charge is 2.46. The average Bonchev–Trinajstić information content (AvgIpc) is 2.97. The van der Waals surface area contributed by atoms with Gasteiger partial charge in [-0.1, -0.05) is 0 Å². The molecule has 236 valence electrons. The number of ether oxygens (including phenoxy) is 5. The van der Waals surface area contributed by atoms with Crippen molar-refractivity contribution < 1.29 is 79.9 Å². The number of rotatable bonds is 6. The minimum Gasteiger partial charge on any atom is -0.508 e. The molecule has 3 aliphatic heterocycles. The van der Waals surface area contributed by atoms with Crippen molar-refractivity contribution >= 4 is 6.08 Å². The Morgan fingerprint density at radius 3 is 1.95 bits per heavy atom. The summed E-state index contributed by atoms with van der Waals surface area (Å²) in [6.07, 6.45) is -15.6. The molecule has 11 N–H and O–H groups in total. The molecular weight excluding hydrogens is 580 g/mol. The monoisotopic (exact) mass is 612 g/mol. The van der Waals surface area contributed by atoms with Crippen LogP contribution in [0.15, 0.2) is 30.0 Å².